The van der Waals surface area contributed by atoms with Gasteiger partial charge in [0.2, 0.25) is 5.82 Å². The number of benzene rings is 2. The number of carbonyl (C=O) groups is 1. The number of carboxylic acids is 1. The first-order chi connectivity index (χ1) is 15.9. The van der Waals surface area contributed by atoms with Gasteiger partial charge < -0.3 is 9.63 Å². The monoisotopic (exact) mass is 484 g/mol. The first kappa shape index (κ1) is 23.3. The molecule has 4 rings (SSSR count). The molecule has 0 unspecified atom stereocenters. The minimum absolute atomic E-state index is 0.0167. The summed E-state index contributed by atoms with van der Waals surface area (Å²) in [5.41, 5.74) is -2.41. The lowest BCUT2D eigenvalue weighted by Gasteiger charge is -2.12. The number of carboxylic acid groups (broad SMARTS) is 1. The van der Waals surface area contributed by atoms with Crippen molar-refractivity contribution >= 4 is 16.9 Å². The third-order valence-corrected chi connectivity index (χ3v) is 4.92. The number of hydrogen-bond donors (Lipinski definition) is 1. The molecule has 34 heavy (non-hydrogen) atoms. The molecule has 13 heteroatoms. The van der Waals surface area contributed by atoms with Crippen molar-refractivity contribution in [3.63, 3.8) is 0 Å². The molecule has 4 aromatic rings. The molecule has 0 fully saturated rings. The Morgan fingerprint density at radius 2 is 1.65 bits per heavy atom. The number of fused-ring (bicyclic) bond motifs is 1. The van der Waals surface area contributed by atoms with Gasteiger partial charge in [-0.2, -0.15) is 36.4 Å². The summed E-state index contributed by atoms with van der Waals surface area (Å²) in [4.78, 5) is 14.6. The van der Waals surface area contributed by atoms with Crippen LogP contribution in [-0.4, -0.2) is 31.0 Å². The fourth-order valence-corrected chi connectivity index (χ4v) is 3.32. The fourth-order valence-electron chi connectivity index (χ4n) is 3.32. The van der Waals surface area contributed by atoms with Gasteiger partial charge in [0, 0.05) is 29.5 Å². The van der Waals surface area contributed by atoms with Crippen molar-refractivity contribution in [1.82, 2.24) is 19.9 Å². The summed E-state index contributed by atoms with van der Waals surface area (Å²) in [6.45, 7) is 0.374. The third-order valence-electron chi connectivity index (χ3n) is 4.92. The first-order valence-corrected chi connectivity index (χ1v) is 9.73. The van der Waals surface area contributed by atoms with Crippen LogP contribution >= 0.6 is 0 Å². The largest absolute Gasteiger partial charge is 0.481 e. The number of aryl methyl sites for hydroxylation is 1. The molecule has 2 aromatic carbocycles. The summed E-state index contributed by atoms with van der Waals surface area (Å²) < 4.78 is 85.3. The van der Waals surface area contributed by atoms with Crippen LogP contribution in [0.2, 0.25) is 0 Å². The Labute approximate surface area is 186 Å². The summed E-state index contributed by atoms with van der Waals surface area (Å²) in [5.74, 6) is -1.47. The highest BCUT2D eigenvalue weighted by atomic mass is 19.4. The van der Waals surface area contributed by atoms with Gasteiger partial charge in [0.1, 0.15) is 0 Å². The third kappa shape index (κ3) is 4.87. The minimum atomic E-state index is -5.01. The van der Waals surface area contributed by atoms with Gasteiger partial charge in [0.05, 0.1) is 22.8 Å². The zero-order valence-electron chi connectivity index (χ0n) is 17.0. The molecule has 0 saturated heterocycles. The Morgan fingerprint density at radius 1 is 0.971 bits per heavy atom. The van der Waals surface area contributed by atoms with Crippen LogP contribution in [0.4, 0.5) is 26.3 Å². The van der Waals surface area contributed by atoms with E-state index in [4.69, 9.17) is 9.63 Å². The van der Waals surface area contributed by atoms with E-state index in [-0.39, 0.29) is 18.3 Å². The number of aromatic nitrogens is 4. The number of rotatable bonds is 6. The van der Waals surface area contributed by atoms with E-state index in [1.807, 2.05) is 0 Å². The minimum Gasteiger partial charge on any atom is -0.481 e. The molecule has 7 nitrogen and oxygen atoms in total. The molecule has 1 N–H and O–H groups in total. The molecule has 0 aliphatic heterocycles. The molecule has 0 radical (unpaired) electrons. The van der Waals surface area contributed by atoms with Crippen LogP contribution in [0.15, 0.2) is 47.1 Å². The lowest BCUT2D eigenvalue weighted by Crippen LogP contribution is -2.11. The van der Waals surface area contributed by atoms with Crippen LogP contribution in [0, 0.1) is 0 Å². The van der Waals surface area contributed by atoms with E-state index in [0.29, 0.717) is 41.6 Å². The van der Waals surface area contributed by atoms with Crippen molar-refractivity contribution in [2.24, 2.45) is 0 Å². The van der Waals surface area contributed by atoms with Gasteiger partial charge in [0.25, 0.3) is 5.89 Å². The summed E-state index contributed by atoms with van der Waals surface area (Å²) in [5, 5.41) is 17.3. The summed E-state index contributed by atoms with van der Waals surface area (Å²) in [6, 6.07) is 5.91. The molecule has 178 valence electrons. The predicted octanol–water partition coefficient (Wildman–Crippen LogP) is 5.66. The molecule has 0 spiro atoms. The molecular formula is C21H14F6N4O3. The number of aliphatic carboxylic acids is 1. The number of alkyl halides is 6. The summed E-state index contributed by atoms with van der Waals surface area (Å²) in [7, 11) is 0. The van der Waals surface area contributed by atoms with Crippen LogP contribution in [0.5, 0.6) is 0 Å². The van der Waals surface area contributed by atoms with Gasteiger partial charge in [-0.05, 0) is 42.8 Å². The molecule has 2 aromatic heterocycles. The van der Waals surface area contributed by atoms with Crippen LogP contribution in [0.1, 0.15) is 24.0 Å². The predicted molar refractivity (Wildman–Crippen MR) is 105 cm³/mol. The Kier molecular flexibility index (Phi) is 5.79. The average Bonchev–Trinajstić information content (AvgIpc) is 3.39. The van der Waals surface area contributed by atoms with Crippen molar-refractivity contribution in [2.45, 2.75) is 31.7 Å². The quantitative estimate of drug-likeness (QED) is 0.355. The van der Waals surface area contributed by atoms with Gasteiger partial charge in [-0.1, -0.05) is 5.16 Å². The average molecular weight is 484 g/mol. The van der Waals surface area contributed by atoms with Crippen LogP contribution in [0.3, 0.4) is 0 Å². The zero-order valence-corrected chi connectivity index (χ0v) is 17.0. The molecule has 0 saturated carbocycles. The maximum Gasteiger partial charge on any atom is 0.416 e. The highest BCUT2D eigenvalue weighted by molar-refractivity contribution is 5.83. The number of hydrogen-bond acceptors (Lipinski definition) is 5. The van der Waals surface area contributed by atoms with E-state index in [0.717, 1.165) is 0 Å². The highest BCUT2D eigenvalue weighted by Crippen LogP contribution is 2.38. The lowest BCUT2D eigenvalue weighted by atomic mass is 10.0. The Bertz CT molecular complexity index is 1320. The molecular weight excluding hydrogens is 470 g/mol. The smallest absolute Gasteiger partial charge is 0.416 e. The molecule has 0 atom stereocenters. The van der Waals surface area contributed by atoms with E-state index in [9.17, 15) is 31.1 Å². The van der Waals surface area contributed by atoms with Crippen molar-refractivity contribution in [3.05, 3.63) is 53.7 Å². The van der Waals surface area contributed by atoms with Crippen molar-refractivity contribution in [1.29, 1.82) is 0 Å². The fraction of sp³-hybridized carbons (Fsp3) is 0.238. The van der Waals surface area contributed by atoms with E-state index >= 15 is 0 Å². The standard InChI is InChI=1S/C21H14F6N4O3/c22-20(23,24)14-7-12(8-15(9-14)21(25,26)27)19-29-18(30-34-19)11-3-4-16-13(6-11)10-28-31(16)5-1-2-17(32)33/h3-4,6-10H,1-2,5H2,(H,32,33). The number of nitrogens with zero attached hydrogens (tertiary/aromatic N) is 4. The van der Waals surface area contributed by atoms with E-state index in [1.165, 1.54) is 6.20 Å². The Morgan fingerprint density at radius 3 is 2.26 bits per heavy atom. The van der Waals surface area contributed by atoms with E-state index < -0.39 is 40.9 Å². The maximum atomic E-state index is 13.1. The van der Waals surface area contributed by atoms with Gasteiger partial charge in [-0.3, -0.25) is 9.48 Å². The van der Waals surface area contributed by atoms with Gasteiger partial charge >= 0.3 is 18.3 Å². The highest BCUT2D eigenvalue weighted by Gasteiger charge is 2.37. The topological polar surface area (TPSA) is 94.0 Å². The van der Waals surface area contributed by atoms with Crippen LogP contribution < -0.4 is 0 Å². The molecule has 0 bridgehead atoms. The molecule has 0 aliphatic carbocycles. The first-order valence-electron chi connectivity index (χ1n) is 9.73. The van der Waals surface area contributed by atoms with Gasteiger partial charge in [-0.15, -0.1) is 0 Å². The second-order valence-electron chi connectivity index (χ2n) is 7.36. The number of halogens is 6. The molecule has 0 amide bonds. The van der Waals surface area contributed by atoms with Crippen LogP contribution in [-0.2, 0) is 23.7 Å². The molecule has 0 aliphatic rings. The normalized spacial score (nSPS) is 12.4. The SMILES string of the molecule is O=C(O)CCCn1ncc2cc(-c3noc(-c4cc(C(F)(F)F)cc(C(F)(F)F)c4)n3)ccc21. The zero-order chi connectivity index (χ0) is 24.7. The Balaban J connectivity index is 1.65. The Hall–Kier alpha value is -3.90. The van der Waals surface area contributed by atoms with Crippen molar-refractivity contribution in [3.8, 4) is 22.8 Å². The maximum absolute atomic E-state index is 13.1. The second kappa shape index (κ2) is 8.47. The summed E-state index contributed by atoms with van der Waals surface area (Å²) in [6.07, 6.45) is -8.12. The van der Waals surface area contributed by atoms with Crippen molar-refractivity contribution in [2.75, 3.05) is 0 Å². The van der Waals surface area contributed by atoms with Gasteiger partial charge in [-0.25, -0.2) is 0 Å². The van der Waals surface area contributed by atoms with Gasteiger partial charge in [0.15, 0.2) is 0 Å². The van der Waals surface area contributed by atoms with E-state index in [1.54, 1.807) is 22.9 Å². The van der Waals surface area contributed by atoms with Crippen LogP contribution in [0.25, 0.3) is 33.7 Å². The second-order valence-corrected chi connectivity index (χ2v) is 7.36. The van der Waals surface area contributed by atoms with E-state index in [2.05, 4.69) is 15.2 Å². The van der Waals surface area contributed by atoms with Crippen molar-refractivity contribution < 1.29 is 40.8 Å². The lowest BCUT2D eigenvalue weighted by molar-refractivity contribution is -0.143. The summed E-state index contributed by atoms with van der Waals surface area (Å²) >= 11 is 0. The molecule has 2 heterocycles.